The number of amides is 3. The first kappa shape index (κ1) is 24.3. The van der Waals surface area contributed by atoms with Crippen molar-refractivity contribution >= 4 is 23.4 Å². The van der Waals surface area contributed by atoms with Gasteiger partial charge in [-0.1, -0.05) is 48.5 Å². The van der Waals surface area contributed by atoms with Gasteiger partial charge < -0.3 is 15.8 Å². The van der Waals surface area contributed by atoms with Crippen molar-refractivity contribution in [2.75, 3.05) is 10.6 Å². The summed E-state index contributed by atoms with van der Waals surface area (Å²) in [5.74, 6) is 1.16. The Morgan fingerprint density at radius 1 is 0.842 bits per heavy atom. The number of hydrogen-bond acceptors (Lipinski definition) is 5. The third-order valence-electron chi connectivity index (χ3n) is 5.52. The van der Waals surface area contributed by atoms with E-state index in [0.717, 1.165) is 11.1 Å². The summed E-state index contributed by atoms with van der Waals surface area (Å²) < 4.78 is 7.42. The van der Waals surface area contributed by atoms with Gasteiger partial charge in [-0.2, -0.15) is 5.10 Å². The van der Waals surface area contributed by atoms with Crippen LogP contribution in [0.5, 0.6) is 11.5 Å². The van der Waals surface area contributed by atoms with E-state index in [1.165, 1.54) is 0 Å². The van der Waals surface area contributed by atoms with E-state index < -0.39 is 11.9 Å². The molecule has 0 aliphatic heterocycles. The van der Waals surface area contributed by atoms with Crippen LogP contribution in [0.25, 0.3) is 16.9 Å². The minimum atomic E-state index is -0.461. The van der Waals surface area contributed by atoms with Gasteiger partial charge in [-0.15, -0.1) is 0 Å². The number of urea groups is 1. The van der Waals surface area contributed by atoms with Crippen molar-refractivity contribution in [3.63, 3.8) is 0 Å². The van der Waals surface area contributed by atoms with Crippen LogP contribution in [0.1, 0.15) is 5.56 Å². The van der Waals surface area contributed by atoms with Gasteiger partial charge >= 0.3 is 6.03 Å². The number of nitrogens with two attached hydrogens (primary N) is 1. The first-order chi connectivity index (χ1) is 18.5. The van der Waals surface area contributed by atoms with E-state index in [1.54, 1.807) is 59.5 Å². The first-order valence-electron chi connectivity index (χ1n) is 11.8. The summed E-state index contributed by atoms with van der Waals surface area (Å²) in [6.07, 6.45) is 3.37. The lowest BCUT2D eigenvalue weighted by molar-refractivity contribution is -0.117. The van der Waals surface area contributed by atoms with Gasteiger partial charge in [0.1, 0.15) is 17.3 Å². The number of carbonyl (C=O) groups excluding carboxylic acids is 2. The summed E-state index contributed by atoms with van der Waals surface area (Å²) in [5.41, 5.74) is 8.90. The fraction of sp³-hybridized carbons (Fsp3) is 0.0345. The number of aromatic nitrogens is 3. The molecule has 0 unspecified atom stereocenters. The van der Waals surface area contributed by atoms with Gasteiger partial charge in [-0.25, -0.2) is 9.48 Å². The minimum absolute atomic E-state index is 0.0986. The van der Waals surface area contributed by atoms with Gasteiger partial charge in [0, 0.05) is 29.6 Å². The molecule has 0 aliphatic carbocycles. The molecule has 3 amide bonds. The Balaban J connectivity index is 1.39. The van der Waals surface area contributed by atoms with Crippen molar-refractivity contribution in [3.8, 4) is 28.4 Å². The number of benzene rings is 3. The molecular formula is C29H24N6O3. The van der Waals surface area contributed by atoms with E-state index in [9.17, 15) is 9.59 Å². The second-order valence-corrected chi connectivity index (χ2v) is 8.40. The number of nitrogens with zero attached hydrogens (tertiary/aromatic N) is 3. The molecule has 0 saturated carbocycles. The molecule has 9 heteroatoms. The van der Waals surface area contributed by atoms with Crippen LogP contribution in [0.15, 0.2) is 109 Å². The van der Waals surface area contributed by atoms with Crippen molar-refractivity contribution in [1.29, 1.82) is 0 Å². The Labute approximate surface area is 218 Å². The van der Waals surface area contributed by atoms with Crippen LogP contribution in [0.3, 0.4) is 0 Å². The normalized spacial score (nSPS) is 10.5. The van der Waals surface area contributed by atoms with E-state index in [4.69, 9.17) is 15.6 Å². The molecule has 0 saturated heterocycles. The highest BCUT2D eigenvalue weighted by atomic mass is 16.5. The van der Waals surface area contributed by atoms with Gasteiger partial charge in [-0.05, 0) is 42.0 Å². The predicted molar refractivity (Wildman–Crippen MR) is 145 cm³/mol. The van der Waals surface area contributed by atoms with Gasteiger partial charge in [0.15, 0.2) is 0 Å². The highest BCUT2D eigenvalue weighted by Crippen LogP contribution is 2.26. The lowest BCUT2D eigenvalue weighted by Crippen LogP contribution is -2.21. The van der Waals surface area contributed by atoms with Crippen molar-refractivity contribution in [3.05, 3.63) is 115 Å². The zero-order valence-corrected chi connectivity index (χ0v) is 20.2. The summed E-state index contributed by atoms with van der Waals surface area (Å²) in [6, 6.07) is 28.9. The molecule has 5 aromatic rings. The molecule has 0 atom stereocenters. The number of anilines is 2. The summed E-state index contributed by atoms with van der Waals surface area (Å²) in [7, 11) is 0. The van der Waals surface area contributed by atoms with Crippen LogP contribution in [-0.2, 0) is 11.2 Å². The van der Waals surface area contributed by atoms with Crippen molar-refractivity contribution in [1.82, 2.24) is 14.8 Å². The van der Waals surface area contributed by atoms with Gasteiger partial charge in [0.25, 0.3) is 0 Å². The highest BCUT2D eigenvalue weighted by molar-refractivity contribution is 5.99. The van der Waals surface area contributed by atoms with Gasteiger partial charge in [-0.3, -0.25) is 15.1 Å². The number of primary amides is 1. The molecule has 0 spiro atoms. The fourth-order valence-corrected chi connectivity index (χ4v) is 3.88. The van der Waals surface area contributed by atoms with E-state index in [-0.39, 0.29) is 6.42 Å². The predicted octanol–water partition coefficient (Wildman–Crippen LogP) is 5.40. The fourth-order valence-electron chi connectivity index (χ4n) is 3.88. The zero-order chi connectivity index (χ0) is 26.3. The Morgan fingerprint density at radius 3 is 2.45 bits per heavy atom. The average molecular weight is 505 g/mol. The van der Waals surface area contributed by atoms with E-state index in [2.05, 4.69) is 15.6 Å². The third kappa shape index (κ3) is 6.03. The molecular weight excluding hydrogens is 480 g/mol. The molecule has 0 aliphatic rings. The highest BCUT2D eigenvalue weighted by Gasteiger charge is 2.15. The van der Waals surface area contributed by atoms with E-state index >= 15 is 0 Å². The number of rotatable bonds is 8. The molecule has 2 aromatic heterocycles. The van der Waals surface area contributed by atoms with Crippen molar-refractivity contribution in [2.45, 2.75) is 6.42 Å². The Kier molecular flexibility index (Phi) is 7.08. The second kappa shape index (κ2) is 11.1. The molecule has 188 valence electrons. The maximum atomic E-state index is 13.0. The molecule has 0 bridgehead atoms. The topological polar surface area (TPSA) is 124 Å². The zero-order valence-electron chi connectivity index (χ0n) is 20.2. The molecule has 38 heavy (non-hydrogen) atoms. The summed E-state index contributed by atoms with van der Waals surface area (Å²) in [5, 5.41) is 10.4. The smallest absolute Gasteiger partial charge is 0.324 e. The second-order valence-electron chi connectivity index (χ2n) is 8.40. The number of ether oxygens (including phenoxy) is 1. The van der Waals surface area contributed by atoms with E-state index in [0.29, 0.717) is 34.4 Å². The van der Waals surface area contributed by atoms with Crippen LogP contribution < -0.4 is 21.1 Å². The summed E-state index contributed by atoms with van der Waals surface area (Å²) >= 11 is 0. The lowest BCUT2D eigenvalue weighted by Gasteiger charge is -2.12. The molecule has 4 N–H and O–H groups in total. The number of nitrogens with one attached hydrogen (secondary N) is 2. The molecule has 5 rings (SSSR count). The molecule has 9 nitrogen and oxygen atoms in total. The van der Waals surface area contributed by atoms with Crippen LogP contribution in [0.4, 0.5) is 16.3 Å². The van der Waals surface area contributed by atoms with Crippen molar-refractivity contribution in [2.24, 2.45) is 5.73 Å². The standard InChI is InChI=1S/C29H24N6O3/c30-27(36)16-20-7-4-11-23(15-20)35-28(18-26(34-35)21-8-2-1-3-9-21)33-29(37)32-22-10-5-12-24(17-22)38-25-13-6-14-31-19-25/h1-15,17-19H,16H2,(H2,30,36)(H2,32,33,37). The Hall–Kier alpha value is -5.44. The molecule has 0 radical (unpaired) electrons. The SMILES string of the molecule is NC(=O)Cc1cccc(-n2nc(-c3ccccc3)cc2NC(=O)Nc2cccc(Oc3cccnc3)c2)c1. The van der Waals surface area contributed by atoms with E-state index in [1.807, 2.05) is 54.6 Å². The molecule has 3 aromatic carbocycles. The Bertz CT molecular complexity index is 1570. The maximum absolute atomic E-state index is 13.0. The van der Waals surface area contributed by atoms with Gasteiger partial charge in [0.2, 0.25) is 5.91 Å². The quantitative estimate of drug-likeness (QED) is 0.261. The van der Waals surface area contributed by atoms with Crippen LogP contribution in [-0.4, -0.2) is 26.7 Å². The van der Waals surface area contributed by atoms with Crippen LogP contribution in [0.2, 0.25) is 0 Å². The summed E-state index contributed by atoms with van der Waals surface area (Å²) in [6.45, 7) is 0. The average Bonchev–Trinajstić information content (AvgIpc) is 3.33. The first-order valence-corrected chi connectivity index (χ1v) is 11.8. The monoisotopic (exact) mass is 504 g/mol. The van der Waals surface area contributed by atoms with Gasteiger partial charge in [0.05, 0.1) is 24.0 Å². The van der Waals surface area contributed by atoms with Crippen molar-refractivity contribution < 1.29 is 14.3 Å². The van der Waals surface area contributed by atoms with Crippen LogP contribution >= 0.6 is 0 Å². The number of pyridine rings is 1. The minimum Gasteiger partial charge on any atom is -0.456 e. The number of carbonyl (C=O) groups is 2. The Morgan fingerprint density at radius 2 is 1.66 bits per heavy atom. The summed E-state index contributed by atoms with van der Waals surface area (Å²) in [4.78, 5) is 28.5. The largest absolute Gasteiger partial charge is 0.456 e. The molecule has 0 fully saturated rings. The van der Waals surface area contributed by atoms with Crippen LogP contribution in [0, 0.1) is 0 Å². The lowest BCUT2D eigenvalue weighted by atomic mass is 10.1. The third-order valence-corrected chi connectivity index (χ3v) is 5.52. The molecule has 2 heterocycles. The maximum Gasteiger partial charge on any atom is 0.324 e. The number of hydrogen-bond donors (Lipinski definition) is 3.